The number of nitrogens with one attached hydrogen (secondary N) is 2. The van der Waals surface area contributed by atoms with Crippen molar-refractivity contribution in [3.63, 3.8) is 0 Å². The molecule has 0 bridgehead atoms. The number of rotatable bonds is 4. The zero-order valence-electron chi connectivity index (χ0n) is 9.68. The van der Waals surface area contributed by atoms with Crippen LogP contribution in [0.3, 0.4) is 0 Å². The van der Waals surface area contributed by atoms with E-state index in [9.17, 15) is 0 Å². The van der Waals surface area contributed by atoms with Gasteiger partial charge in [0.25, 0.3) is 0 Å². The van der Waals surface area contributed by atoms with Gasteiger partial charge < -0.3 is 10.6 Å². The van der Waals surface area contributed by atoms with E-state index in [0.29, 0.717) is 10.6 Å². The van der Waals surface area contributed by atoms with Crippen molar-refractivity contribution in [2.45, 2.75) is 26.2 Å². The Balaban J connectivity index is 2.06. The molecule has 1 aromatic heterocycles. The third-order valence-corrected chi connectivity index (χ3v) is 3.58. The molecule has 2 N–H and O–H groups in total. The molecule has 0 spiro atoms. The van der Waals surface area contributed by atoms with Gasteiger partial charge in [-0.05, 0) is 18.3 Å². The second-order valence-electron chi connectivity index (χ2n) is 4.66. The second kappa shape index (κ2) is 4.45. The summed E-state index contributed by atoms with van der Waals surface area (Å²) in [6, 6.07) is 0. The summed E-state index contributed by atoms with van der Waals surface area (Å²) < 4.78 is 0. The maximum atomic E-state index is 5.97. The van der Waals surface area contributed by atoms with E-state index in [1.165, 1.54) is 25.6 Å². The number of anilines is 2. The second-order valence-corrected chi connectivity index (χ2v) is 5.01. The fraction of sp³-hybridized carbons (Fsp3) is 0.636. The molecule has 1 aromatic rings. The van der Waals surface area contributed by atoms with E-state index in [1.54, 1.807) is 0 Å². The maximum absolute atomic E-state index is 5.97. The highest BCUT2D eigenvalue weighted by molar-refractivity contribution is 6.32. The Labute approximate surface area is 101 Å². The first-order valence-corrected chi connectivity index (χ1v) is 5.94. The van der Waals surface area contributed by atoms with Crippen LogP contribution in [-0.4, -0.2) is 23.6 Å². The van der Waals surface area contributed by atoms with Crippen LogP contribution in [0.2, 0.25) is 5.15 Å². The highest BCUT2D eigenvalue weighted by Crippen LogP contribution is 2.40. The topological polar surface area (TPSA) is 49.8 Å². The van der Waals surface area contributed by atoms with Gasteiger partial charge in [0.1, 0.15) is 12.0 Å². The van der Waals surface area contributed by atoms with Gasteiger partial charge in [-0.25, -0.2) is 9.97 Å². The summed E-state index contributed by atoms with van der Waals surface area (Å²) in [7, 11) is 1.82. The van der Waals surface area contributed by atoms with Crippen molar-refractivity contribution in [2.24, 2.45) is 5.41 Å². The molecule has 1 aliphatic rings. The largest absolute Gasteiger partial charge is 0.383 e. The molecule has 0 radical (unpaired) electrons. The molecule has 0 saturated heterocycles. The van der Waals surface area contributed by atoms with E-state index < -0.39 is 0 Å². The Hall–Kier alpha value is -1.03. The molecule has 0 unspecified atom stereocenters. The van der Waals surface area contributed by atoms with Crippen LogP contribution < -0.4 is 10.6 Å². The minimum atomic E-state index is 0.419. The van der Waals surface area contributed by atoms with Gasteiger partial charge in [-0.1, -0.05) is 24.9 Å². The lowest BCUT2D eigenvalue weighted by Crippen LogP contribution is -2.33. The van der Waals surface area contributed by atoms with Crippen molar-refractivity contribution in [1.82, 2.24) is 9.97 Å². The van der Waals surface area contributed by atoms with Crippen molar-refractivity contribution in [3.8, 4) is 0 Å². The monoisotopic (exact) mass is 240 g/mol. The fourth-order valence-corrected chi connectivity index (χ4v) is 2.20. The third-order valence-electron chi connectivity index (χ3n) is 3.29. The summed E-state index contributed by atoms with van der Waals surface area (Å²) in [5.41, 5.74) is 1.19. The molecule has 88 valence electrons. The number of hydrogen-bond donors (Lipinski definition) is 2. The van der Waals surface area contributed by atoms with Crippen LogP contribution in [0.4, 0.5) is 11.5 Å². The molecule has 1 heterocycles. The molecule has 2 rings (SSSR count). The first-order valence-electron chi connectivity index (χ1n) is 5.57. The van der Waals surface area contributed by atoms with Gasteiger partial charge in [-0.2, -0.15) is 0 Å². The van der Waals surface area contributed by atoms with Crippen LogP contribution in [0.1, 0.15) is 26.2 Å². The van der Waals surface area contributed by atoms with Gasteiger partial charge >= 0.3 is 0 Å². The van der Waals surface area contributed by atoms with Crippen molar-refractivity contribution >= 4 is 23.1 Å². The summed E-state index contributed by atoms with van der Waals surface area (Å²) in [5, 5.41) is 6.82. The molecule has 16 heavy (non-hydrogen) atoms. The molecule has 1 saturated carbocycles. The first-order chi connectivity index (χ1) is 7.64. The van der Waals surface area contributed by atoms with E-state index in [2.05, 4.69) is 27.5 Å². The number of hydrogen-bond acceptors (Lipinski definition) is 4. The van der Waals surface area contributed by atoms with E-state index in [0.717, 1.165) is 18.1 Å². The number of halogens is 1. The van der Waals surface area contributed by atoms with Crippen LogP contribution >= 0.6 is 11.6 Å². The Morgan fingerprint density at radius 1 is 1.44 bits per heavy atom. The van der Waals surface area contributed by atoms with Gasteiger partial charge in [-0.15, -0.1) is 0 Å². The van der Waals surface area contributed by atoms with Crippen LogP contribution in [0, 0.1) is 5.41 Å². The van der Waals surface area contributed by atoms with Gasteiger partial charge in [-0.3, -0.25) is 0 Å². The minimum absolute atomic E-state index is 0.419. The molecule has 1 fully saturated rings. The van der Waals surface area contributed by atoms with E-state index in [1.807, 2.05) is 7.05 Å². The van der Waals surface area contributed by atoms with Crippen LogP contribution in [0.25, 0.3) is 0 Å². The Bertz CT molecular complexity index is 376. The highest BCUT2D eigenvalue weighted by atomic mass is 35.5. The van der Waals surface area contributed by atoms with Crippen molar-refractivity contribution in [2.75, 3.05) is 24.2 Å². The predicted octanol–water partition coefficient (Wildman–Crippen LogP) is 2.77. The maximum Gasteiger partial charge on any atom is 0.157 e. The Morgan fingerprint density at radius 2 is 2.19 bits per heavy atom. The molecule has 0 aromatic carbocycles. The molecule has 1 aliphatic carbocycles. The molecule has 4 nitrogen and oxygen atoms in total. The zero-order valence-corrected chi connectivity index (χ0v) is 10.4. The van der Waals surface area contributed by atoms with Gasteiger partial charge in [0.05, 0.1) is 0 Å². The molecular weight excluding hydrogens is 224 g/mol. The lowest BCUT2D eigenvalue weighted by molar-refractivity contribution is 0.180. The van der Waals surface area contributed by atoms with E-state index in [4.69, 9.17) is 11.6 Å². The molecule has 5 heteroatoms. The van der Waals surface area contributed by atoms with Crippen LogP contribution in [0.15, 0.2) is 6.33 Å². The Kier molecular flexibility index (Phi) is 3.19. The van der Waals surface area contributed by atoms with Crippen molar-refractivity contribution in [1.29, 1.82) is 0 Å². The predicted molar refractivity (Wildman–Crippen MR) is 67.0 cm³/mol. The zero-order chi connectivity index (χ0) is 11.6. The van der Waals surface area contributed by atoms with Gasteiger partial charge in [0.2, 0.25) is 0 Å². The lowest BCUT2D eigenvalue weighted by Gasteiger charge is -2.38. The quantitative estimate of drug-likeness (QED) is 0.795. The van der Waals surface area contributed by atoms with Gasteiger partial charge in [0.15, 0.2) is 11.0 Å². The van der Waals surface area contributed by atoms with Crippen LogP contribution in [0.5, 0.6) is 0 Å². The summed E-state index contributed by atoms with van der Waals surface area (Å²) >= 11 is 5.97. The molecule has 0 amide bonds. The Morgan fingerprint density at radius 3 is 2.75 bits per heavy atom. The van der Waals surface area contributed by atoms with E-state index >= 15 is 0 Å². The highest BCUT2D eigenvalue weighted by Gasteiger charge is 2.31. The number of nitrogens with zero attached hydrogens (tertiary/aromatic N) is 2. The molecule has 0 atom stereocenters. The van der Waals surface area contributed by atoms with Crippen molar-refractivity contribution in [3.05, 3.63) is 11.5 Å². The van der Waals surface area contributed by atoms with Gasteiger partial charge in [0, 0.05) is 13.6 Å². The first kappa shape index (κ1) is 11.5. The fourth-order valence-electron chi connectivity index (χ4n) is 1.97. The smallest absolute Gasteiger partial charge is 0.157 e. The summed E-state index contributed by atoms with van der Waals surface area (Å²) in [6.07, 6.45) is 5.39. The summed E-state index contributed by atoms with van der Waals surface area (Å²) in [5.74, 6) is 0.788. The van der Waals surface area contributed by atoms with Crippen molar-refractivity contribution < 1.29 is 0 Å². The molecule has 0 aliphatic heterocycles. The van der Waals surface area contributed by atoms with E-state index in [-0.39, 0.29) is 0 Å². The SMILES string of the molecule is CNc1c(Cl)ncnc1NCC1(C)CCC1. The third kappa shape index (κ3) is 2.21. The average molecular weight is 241 g/mol. The lowest BCUT2D eigenvalue weighted by atomic mass is 9.70. The minimum Gasteiger partial charge on any atom is -0.383 e. The van der Waals surface area contributed by atoms with Crippen LogP contribution in [-0.2, 0) is 0 Å². The summed E-state index contributed by atoms with van der Waals surface area (Å²) in [6.45, 7) is 3.24. The number of aromatic nitrogens is 2. The molecular formula is C11H17ClN4. The normalized spacial score (nSPS) is 17.7. The average Bonchev–Trinajstić information content (AvgIpc) is 2.24. The standard InChI is InChI=1S/C11H17ClN4/c1-11(4-3-5-11)6-14-10-8(13-2)9(12)15-7-16-10/h7,13H,3-6H2,1-2H3,(H,14,15,16). The summed E-state index contributed by atoms with van der Waals surface area (Å²) in [4.78, 5) is 8.14.